The van der Waals surface area contributed by atoms with E-state index in [4.69, 9.17) is 4.74 Å². The third-order valence-corrected chi connectivity index (χ3v) is 4.12. The first kappa shape index (κ1) is 19.0. The second-order valence-electron chi connectivity index (χ2n) is 6.10. The topological polar surface area (TPSA) is 125 Å². The Hall–Kier alpha value is -3.82. The second kappa shape index (κ2) is 7.82. The number of tetrazole rings is 1. The molecule has 3 rings (SSSR count). The first-order valence-corrected chi connectivity index (χ1v) is 8.35. The van der Waals surface area contributed by atoms with Crippen molar-refractivity contribution in [1.82, 2.24) is 20.2 Å². The summed E-state index contributed by atoms with van der Waals surface area (Å²) >= 11 is 0. The van der Waals surface area contributed by atoms with E-state index in [0.717, 1.165) is 11.1 Å². The number of anilines is 1. The summed E-state index contributed by atoms with van der Waals surface area (Å²) < 4.78 is 5.03. The van der Waals surface area contributed by atoms with Crippen molar-refractivity contribution in [2.45, 2.75) is 20.4 Å². The fourth-order valence-corrected chi connectivity index (χ4v) is 2.67. The SMILES string of the molecule is COc1cc(NC(=O)Cn2nnc(-c3ccccc3C)n2)c(C)cc1[N+](=O)[O-]. The highest BCUT2D eigenvalue weighted by Gasteiger charge is 2.19. The molecule has 0 radical (unpaired) electrons. The van der Waals surface area contributed by atoms with Gasteiger partial charge in [0.15, 0.2) is 5.75 Å². The second-order valence-corrected chi connectivity index (χ2v) is 6.10. The largest absolute Gasteiger partial charge is 0.490 e. The van der Waals surface area contributed by atoms with Gasteiger partial charge in [-0.05, 0) is 30.2 Å². The summed E-state index contributed by atoms with van der Waals surface area (Å²) in [6, 6.07) is 10.4. The molecule has 0 bridgehead atoms. The summed E-state index contributed by atoms with van der Waals surface area (Å²) in [7, 11) is 1.33. The van der Waals surface area contributed by atoms with Gasteiger partial charge in [0.2, 0.25) is 11.7 Å². The van der Waals surface area contributed by atoms with E-state index >= 15 is 0 Å². The number of nitrogens with zero attached hydrogens (tertiary/aromatic N) is 5. The summed E-state index contributed by atoms with van der Waals surface area (Å²) in [5.41, 5.74) is 2.61. The minimum Gasteiger partial charge on any atom is -0.490 e. The quantitative estimate of drug-likeness (QED) is 0.513. The zero-order valence-corrected chi connectivity index (χ0v) is 15.5. The Balaban J connectivity index is 1.75. The van der Waals surface area contributed by atoms with E-state index < -0.39 is 10.8 Å². The van der Waals surface area contributed by atoms with Crippen molar-refractivity contribution in [2.24, 2.45) is 0 Å². The molecule has 0 saturated heterocycles. The summed E-state index contributed by atoms with van der Waals surface area (Å²) in [4.78, 5) is 24.1. The Morgan fingerprint density at radius 2 is 2.00 bits per heavy atom. The highest BCUT2D eigenvalue weighted by molar-refractivity contribution is 5.91. The van der Waals surface area contributed by atoms with Gasteiger partial charge < -0.3 is 10.1 Å². The predicted molar refractivity (Wildman–Crippen MR) is 101 cm³/mol. The minimum absolute atomic E-state index is 0.0617. The van der Waals surface area contributed by atoms with Crippen molar-refractivity contribution in [3.05, 3.63) is 57.6 Å². The molecule has 1 heterocycles. The van der Waals surface area contributed by atoms with Gasteiger partial charge in [0.25, 0.3) is 0 Å². The van der Waals surface area contributed by atoms with Crippen LogP contribution in [0, 0.1) is 24.0 Å². The van der Waals surface area contributed by atoms with Crippen LogP contribution in [-0.2, 0) is 11.3 Å². The number of aryl methyl sites for hydroxylation is 2. The van der Waals surface area contributed by atoms with Gasteiger partial charge in [-0.3, -0.25) is 14.9 Å². The van der Waals surface area contributed by atoms with Crippen LogP contribution in [0.5, 0.6) is 5.75 Å². The maximum atomic E-state index is 12.4. The van der Waals surface area contributed by atoms with E-state index in [-0.39, 0.29) is 18.0 Å². The van der Waals surface area contributed by atoms with Gasteiger partial charge in [-0.25, -0.2) is 0 Å². The number of hydrogen-bond acceptors (Lipinski definition) is 7. The van der Waals surface area contributed by atoms with E-state index in [0.29, 0.717) is 17.1 Å². The number of nitro benzene ring substituents is 1. The molecule has 0 aliphatic heterocycles. The number of methoxy groups -OCH3 is 1. The summed E-state index contributed by atoms with van der Waals surface area (Å²) in [6.07, 6.45) is 0. The third kappa shape index (κ3) is 3.95. The van der Waals surface area contributed by atoms with Crippen LogP contribution in [0.25, 0.3) is 11.4 Å². The summed E-state index contributed by atoms with van der Waals surface area (Å²) in [6.45, 7) is 3.44. The van der Waals surface area contributed by atoms with Crippen molar-refractivity contribution in [3.63, 3.8) is 0 Å². The molecular weight excluding hydrogens is 364 g/mol. The van der Waals surface area contributed by atoms with Gasteiger partial charge in [-0.1, -0.05) is 24.3 Å². The fourth-order valence-electron chi connectivity index (χ4n) is 2.67. The van der Waals surface area contributed by atoms with Gasteiger partial charge in [-0.2, -0.15) is 4.80 Å². The summed E-state index contributed by atoms with van der Waals surface area (Å²) in [5, 5.41) is 25.9. The van der Waals surface area contributed by atoms with Gasteiger partial charge >= 0.3 is 5.69 Å². The van der Waals surface area contributed by atoms with Crippen molar-refractivity contribution < 1.29 is 14.5 Å². The van der Waals surface area contributed by atoms with Crippen LogP contribution in [0.1, 0.15) is 11.1 Å². The number of amides is 1. The first-order chi connectivity index (χ1) is 13.4. The highest BCUT2D eigenvalue weighted by Crippen LogP contribution is 2.32. The monoisotopic (exact) mass is 382 g/mol. The number of ether oxygens (including phenoxy) is 1. The zero-order valence-electron chi connectivity index (χ0n) is 15.5. The smallest absolute Gasteiger partial charge is 0.311 e. The third-order valence-electron chi connectivity index (χ3n) is 4.12. The van der Waals surface area contributed by atoms with Gasteiger partial charge in [0.05, 0.1) is 12.0 Å². The van der Waals surface area contributed by atoms with Crippen LogP contribution in [0.15, 0.2) is 36.4 Å². The molecule has 144 valence electrons. The van der Waals surface area contributed by atoms with Crippen molar-refractivity contribution in [3.8, 4) is 17.1 Å². The lowest BCUT2D eigenvalue weighted by molar-refractivity contribution is -0.385. The van der Waals surface area contributed by atoms with Gasteiger partial charge in [0, 0.05) is 23.4 Å². The molecule has 0 unspecified atom stereocenters. The number of carbonyl (C=O) groups is 1. The molecule has 0 spiro atoms. The standard InChI is InChI=1S/C18H18N6O4/c1-11-6-4-5-7-13(11)18-20-22-23(21-18)10-17(25)19-14-9-16(28-3)15(24(26)27)8-12(14)2/h4-9H,10H2,1-3H3,(H,19,25). The number of rotatable bonds is 6. The van der Waals surface area contributed by atoms with Crippen LogP contribution >= 0.6 is 0 Å². The van der Waals surface area contributed by atoms with E-state index in [2.05, 4.69) is 20.7 Å². The van der Waals surface area contributed by atoms with Gasteiger partial charge in [0.1, 0.15) is 6.54 Å². The van der Waals surface area contributed by atoms with Crippen LogP contribution < -0.4 is 10.1 Å². The first-order valence-electron chi connectivity index (χ1n) is 8.35. The Morgan fingerprint density at radius 1 is 1.25 bits per heavy atom. The molecule has 1 amide bonds. The number of nitrogens with one attached hydrogen (secondary N) is 1. The lowest BCUT2D eigenvalue weighted by atomic mass is 10.1. The maximum Gasteiger partial charge on any atom is 0.311 e. The van der Waals surface area contributed by atoms with Crippen molar-refractivity contribution in [1.29, 1.82) is 0 Å². The normalized spacial score (nSPS) is 10.5. The molecule has 1 N–H and O–H groups in total. The van der Waals surface area contributed by atoms with E-state index in [1.807, 2.05) is 31.2 Å². The van der Waals surface area contributed by atoms with Crippen LogP contribution in [0.4, 0.5) is 11.4 Å². The van der Waals surface area contributed by atoms with E-state index in [1.165, 1.54) is 24.0 Å². The Kier molecular flexibility index (Phi) is 5.30. The molecule has 1 aromatic heterocycles. The molecule has 0 aliphatic carbocycles. The molecule has 0 atom stereocenters. The van der Waals surface area contributed by atoms with E-state index in [9.17, 15) is 14.9 Å². The fraction of sp³-hybridized carbons (Fsp3) is 0.222. The number of carbonyl (C=O) groups excluding carboxylic acids is 1. The van der Waals surface area contributed by atoms with Crippen LogP contribution in [0.3, 0.4) is 0 Å². The average Bonchev–Trinajstić information content (AvgIpc) is 3.11. The predicted octanol–water partition coefficient (Wildman–Crippen LogP) is 2.51. The molecule has 10 heteroatoms. The van der Waals surface area contributed by atoms with Crippen molar-refractivity contribution >= 4 is 17.3 Å². The molecule has 28 heavy (non-hydrogen) atoms. The van der Waals surface area contributed by atoms with Gasteiger partial charge in [-0.15, -0.1) is 10.2 Å². The molecule has 0 saturated carbocycles. The molecule has 2 aromatic carbocycles. The number of hydrogen-bond donors (Lipinski definition) is 1. The van der Waals surface area contributed by atoms with Crippen molar-refractivity contribution in [2.75, 3.05) is 12.4 Å². The maximum absolute atomic E-state index is 12.4. The Labute approximate surface area is 160 Å². The number of aromatic nitrogens is 4. The lowest BCUT2D eigenvalue weighted by Gasteiger charge is -2.10. The minimum atomic E-state index is -0.538. The Bertz CT molecular complexity index is 1050. The van der Waals surface area contributed by atoms with Crippen LogP contribution in [0.2, 0.25) is 0 Å². The lowest BCUT2D eigenvalue weighted by Crippen LogP contribution is -2.21. The summed E-state index contributed by atoms with van der Waals surface area (Å²) in [5.74, 6) is 0.0958. The molecular formula is C18H18N6O4. The molecule has 0 aliphatic rings. The molecule has 0 fully saturated rings. The van der Waals surface area contributed by atoms with E-state index in [1.54, 1.807) is 6.92 Å². The Morgan fingerprint density at radius 3 is 2.68 bits per heavy atom. The zero-order chi connectivity index (χ0) is 20.3. The number of benzene rings is 2. The molecule has 10 nitrogen and oxygen atoms in total. The van der Waals surface area contributed by atoms with Crippen LogP contribution in [-0.4, -0.2) is 38.1 Å². The number of nitro groups is 1. The average molecular weight is 382 g/mol. The highest BCUT2D eigenvalue weighted by atomic mass is 16.6. The molecule has 3 aromatic rings.